The summed E-state index contributed by atoms with van der Waals surface area (Å²) >= 11 is 3.30. The first-order valence-corrected chi connectivity index (χ1v) is 7.23. The molecule has 20 heavy (non-hydrogen) atoms. The molecular formula is C13H17BrN2O4. The van der Waals surface area contributed by atoms with E-state index in [4.69, 9.17) is 4.74 Å². The maximum atomic E-state index is 12.2. The number of para-hydroxylation sites is 1. The molecule has 6 nitrogen and oxygen atoms in total. The van der Waals surface area contributed by atoms with Crippen molar-refractivity contribution in [2.75, 3.05) is 19.0 Å². The molecule has 0 heterocycles. The molecule has 0 aromatic heterocycles. The molecule has 0 aliphatic rings. The Bertz CT molecular complexity index is 487. The predicted octanol–water partition coefficient (Wildman–Crippen LogP) is 2.43. The van der Waals surface area contributed by atoms with Gasteiger partial charge in [0.1, 0.15) is 5.56 Å². The maximum absolute atomic E-state index is 12.2. The number of nitro benzene ring substituents is 1. The molecule has 1 N–H and O–H groups in total. The van der Waals surface area contributed by atoms with Crippen molar-refractivity contribution in [1.82, 2.24) is 5.32 Å². The number of aryl methyl sites for hydroxylation is 1. The summed E-state index contributed by atoms with van der Waals surface area (Å²) < 4.78 is 5.03. The average Bonchev–Trinajstić information content (AvgIpc) is 2.38. The minimum Gasteiger partial charge on any atom is -0.383 e. The van der Waals surface area contributed by atoms with Crippen LogP contribution < -0.4 is 5.32 Å². The number of hydrogen-bond donors (Lipinski definition) is 1. The number of nitrogens with zero attached hydrogens (tertiary/aromatic N) is 1. The van der Waals surface area contributed by atoms with Gasteiger partial charge in [-0.3, -0.25) is 14.9 Å². The lowest BCUT2D eigenvalue weighted by molar-refractivity contribution is -0.385. The highest BCUT2D eigenvalue weighted by Gasteiger charge is 2.23. The number of methoxy groups -OCH3 is 1. The summed E-state index contributed by atoms with van der Waals surface area (Å²) in [6.45, 7) is 1.97. The van der Waals surface area contributed by atoms with E-state index in [2.05, 4.69) is 21.2 Å². The predicted molar refractivity (Wildman–Crippen MR) is 79.4 cm³/mol. The summed E-state index contributed by atoms with van der Waals surface area (Å²) in [6.07, 6.45) is 0.680. The van der Waals surface area contributed by atoms with Crippen molar-refractivity contribution < 1.29 is 14.5 Å². The standard InChI is InChI=1S/C13H17BrN2O4/c1-9-4-3-5-11(12(9)16(18)19)13(17)15-10(6-7-14)8-20-2/h3-5,10H,6-8H2,1-2H3,(H,15,17). The summed E-state index contributed by atoms with van der Waals surface area (Å²) in [5, 5.41) is 14.5. The van der Waals surface area contributed by atoms with Gasteiger partial charge < -0.3 is 10.1 Å². The van der Waals surface area contributed by atoms with Gasteiger partial charge in [-0.2, -0.15) is 0 Å². The second-order valence-corrected chi connectivity index (χ2v) is 5.12. The normalized spacial score (nSPS) is 11.9. The van der Waals surface area contributed by atoms with Crippen LogP contribution in [0.15, 0.2) is 18.2 Å². The summed E-state index contributed by atoms with van der Waals surface area (Å²) in [6, 6.07) is 4.51. The van der Waals surface area contributed by atoms with Gasteiger partial charge >= 0.3 is 0 Å². The van der Waals surface area contributed by atoms with Crippen molar-refractivity contribution in [1.29, 1.82) is 0 Å². The van der Waals surface area contributed by atoms with Crippen molar-refractivity contribution >= 4 is 27.5 Å². The van der Waals surface area contributed by atoms with Crippen LogP contribution in [0, 0.1) is 17.0 Å². The number of ether oxygens (including phenoxy) is 1. The van der Waals surface area contributed by atoms with Crippen LogP contribution in [-0.2, 0) is 4.74 Å². The van der Waals surface area contributed by atoms with Crippen LogP contribution in [0.25, 0.3) is 0 Å². The number of hydrogen-bond acceptors (Lipinski definition) is 4. The van der Waals surface area contributed by atoms with Gasteiger partial charge in [-0.1, -0.05) is 28.1 Å². The lowest BCUT2D eigenvalue weighted by Gasteiger charge is -2.17. The third kappa shape index (κ3) is 4.28. The Balaban J connectivity index is 2.97. The van der Waals surface area contributed by atoms with E-state index in [1.807, 2.05) is 0 Å². The molecule has 0 spiro atoms. The fourth-order valence-corrected chi connectivity index (χ4v) is 2.43. The molecule has 7 heteroatoms. The number of alkyl halides is 1. The molecule has 0 fully saturated rings. The van der Waals surface area contributed by atoms with Gasteiger partial charge in [-0.05, 0) is 19.4 Å². The van der Waals surface area contributed by atoms with E-state index in [0.717, 1.165) is 0 Å². The lowest BCUT2D eigenvalue weighted by atomic mass is 10.1. The van der Waals surface area contributed by atoms with Crippen LogP contribution in [0.1, 0.15) is 22.3 Å². The van der Waals surface area contributed by atoms with Crippen molar-refractivity contribution in [2.24, 2.45) is 0 Å². The molecule has 1 aromatic carbocycles. The monoisotopic (exact) mass is 344 g/mol. The van der Waals surface area contributed by atoms with E-state index in [1.54, 1.807) is 26.2 Å². The summed E-state index contributed by atoms with van der Waals surface area (Å²) in [5.41, 5.74) is 0.386. The smallest absolute Gasteiger partial charge is 0.285 e. The molecule has 0 aliphatic carbocycles. The van der Waals surface area contributed by atoms with Crippen molar-refractivity contribution in [2.45, 2.75) is 19.4 Å². The van der Waals surface area contributed by atoms with Crippen LogP contribution in [0.4, 0.5) is 5.69 Å². The van der Waals surface area contributed by atoms with E-state index in [0.29, 0.717) is 23.9 Å². The molecule has 1 atom stereocenters. The number of benzene rings is 1. The second kappa shape index (κ2) is 7.96. The van der Waals surface area contributed by atoms with Crippen molar-refractivity contribution in [3.8, 4) is 0 Å². The largest absolute Gasteiger partial charge is 0.383 e. The zero-order valence-corrected chi connectivity index (χ0v) is 13.0. The minimum absolute atomic E-state index is 0.0747. The van der Waals surface area contributed by atoms with E-state index in [-0.39, 0.29) is 17.3 Å². The molecular weight excluding hydrogens is 328 g/mol. The van der Waals surface area contributed by atoms with E-state index < -0.39 is 10.8 Å². The SMILES string of the molecule is COCC(CCBr)NC(=O)c1cccc(C)c1[N+](=O)[O-]. The Morgan fingerprint density at radius 1 is 1.55 bits per heavy atom. The van der Waals surface area contributed by atoms with Gasteiger partial charge in [0.25, 0.3) is 11.6 Å². The second-order valence-electron chi connectivity index (χ2n) is 4.33. The zero-order chi connectivity index (χ0) is 15.1. The Morgan fingerprint density at radius 3 is 2.80 bits per heavy atom. The molecule has 1 aromatic rings. The first-order chi connectivity index (χ1) is 9.51. The van der Waals surface area contributed by atoms with Gasteiger partial charge in [-0.15, -0.1) is 0 Å². The Labute approximate surface area is 125 Å². The summed E-state index contributed by atoms with van der Waals surface area (Å²) in [5.74, 6) is -0.455. The van der Waals surface area contributed by atoms with Crippen LogP contribution in [-0.4, -0.2) is 35.9 Å². The van der Waals surface area contributed by atoms with E-state index in [9.17, 15) is 14.9 Å². The highest BCUT2D eigenvalue weighted by atomic mass is 79.9. The van der Waals surface area contributed by atoms with Gasteiger partial charge in [0, 0.05) is 18.0 Å². The fraction of sp³-hybridized carbons (Fsp3) is 0.462. The summed E-state index contributed by atoms with van der Waals surface area (Å²) in [7, 11) is 1.54. The zero-order valence-electron chi connectivity index (χ0n) is 11.4. The van der Waals surface area contributed by atoms with Gasteiger partial charge in [-0.25, -0.2) is 0 Å². The molecule has 110 valence electrons. The molecule has 0 saturated heterocycles. The van der Waals surface area contributed by atoms with Crippen LogP contribution in [0.2, 0.25) is 0 Å². The van der Waals surface area contributed by atoms with Gasteiger partial charge in [0.05, 0.1) is 17.6 Å². The Hall–Kier alpha value is -1.47. The number of halogens is 1. The first kappa shape index (κ1) is 16.6. The molecule has 1 rings (SSSR count). The topological polar surface area (TPSA) is 81.5 Å². The minimum atomic E-state index is -0.528. The number of amides is 1. The van der Waals surface area contributed by atoms with Crippen molar-refractivity contribution in [3.63, 3.8) is 0 Å². The third-order valence-electron chi connectivity index (χ3n) is 2.83. The highest BCUT2D eigenvalue weighted by molar-refractivity contribution is 9.09. The van der Waals surface area contributed by atoms with Crippen LogP contribution in [0.5, 0.6) is 0 Å². The molecule has 0 aliphatic heterocycles. The first-order valence-electron chi connectivity index (χ1n) is 6.11. The fourth-order valence-electron chi connectivity index (χ4n) is 1.88. The summed E-state index contributed by atoms with van der Waals surface area (Å²) in [4.78, 5) is 22.7. The molecule has 0 bridgehead atoms. The number of nitrogens with one attached hydrogen (secondary N) is 1. The van der Waals surface area contributed by atoms with Gasteiger partial charge in [0.2, 0.25) is 0 Å². The maximum Gasteiger partial charge on any atom is 0.285 e. The number of rotatable bonds is 7. The highest BCUT2D eigenvalue weighted by Crippen LogP contribution is 2.23. The number of carbonyl (C=O) groups is 1. The van der Waals surface area contributed by atoms with E-state index in [1.165, 1.54) is 6.07 Å². The van der Waals surface area contributed by atoms with Crippen LogP contribution >= 0.6 is 15.9 Å². The molecule has 0 radical (unpaired) electrons. The van der Waals surface area contributed by atoms with Crippen molar-refractivity contribution in [3.05, 3.63) is 39.4 Å². The number of carbonyl (C=O) groups excluding carboxylic acids is 1. The molecule has 0 saturated carbocycles. The van der Waals surface area contributed by atoms with E-state index >= 15 is 0 Å². The average molecular weight is 345 g/mol. The third-order valence-corrected chi connectivity index (χ3v) is 3.28. The quantitative estimate of drug-likeness (QED) is 0.468. The molecule has 1 amide bonds. The Kier molecular flexibility index (Phi) is 6.60. The van der Waals surface area contributed by atoms with Gasteiger partial charge in [0.15, 0.2) is 0 Å². The van der Waals surface area contributed by atoms with Crippen LogP contribution in [0.3, 0.4) is 0 Å². The molecule has 1 unspecified atom stereocenters. The lowest BCUT2D eigenvalue weighted by Crippen LogP contribution is -2.38. The Morgan fingerprint density at radius 2 is 2.25 bits per heavy atom. The number of nitro groups is 1.